The Balaban J connectivity index is 0.861. The second-order valence-electron chi connectivity index (χ2n) is 17.1. The number of piperidine rings is 1. The number of hydrogen-bond acceptors (Lipinski definition) is 11. The molecule has 1 aliphatic carbocycles. The van der Waals surface area contributed by atoms with Crippen molar-refractivity contribution in [2.45, 2.75) is 115 Å². The molecule has 4 fully saturated rings. The molecule has 3 aromatic rings. The van der Waals surface area contributed by atoms with Gasteiger partial charge in [-0.2, -0.15) is 23.5 Å². The van der Waals surface area contributed by atoms with E-state index >= 15 is 0 Å². The van der Waals surface area contributed by atoms with Crippen LogP contribution < -0.4 is 15.5 Å². The Morgan fingerprint density at radius 3 is 2.46 bits per heavy atom. The molecule has 19 heteroatoms. The number of benzene rings is 1. The lowest BCUT2D eigenvalue weighted by Gasteiger charge is -2.44. The van der Waals surface area contributed by atoms with Gasteiger partial charge in [-0.15, -0.1) is 0 Å². The van der Waals surface area contributed by atoms with Gasteiger partial charge in [-0.1, -0.05) is 12.1 Å². The molecule has 0 spiro atoms. The summed E-state index contributed by atoms with van der Waals surface area (Å²) in [6.45, 7) is 10.9. The highest BCUT2D eigenvalue weighted by Crippen LogP contribution is 2.40. The van der Waals surface area contributed by atoms with E-state index in [-0.39, 0.29) is 65.7 Å². The van der Waals surface area contributed by atoms with Crippen LogP contribution in [-0.2, 0) is 37.1 Å². The molecule has 15 nitrogen and oxygen atoms in total. The average Bonchev–Trinajstić information content (AvgIpc) is 3.62. The van der Waals surface area contributed by atoms with Gasteiger partial charge < -0.3 is 19.9 Å². The summed E-state index contributed by atoms with van der Waals surface area (Å²) in [4.78, 5) is 62.7. The van der Waals surface area contributed by atoms with E-state index < -0.39 is 34.8 Å². The molecule has 4 amide bonds. The zero-order valence-electron chi connectivity index (χ0n) is 34.9. The Morgan fingerprint density at radius 2 is 1.80 bits per heavy atom. The highest BCUT2D eigenvalue weighted by Gasteiger charge is 2.53. The van der Waals surface area contributed by atoms with Crippen molar-refractivity contribution in [3.05, 3.63) is 47.4 Å². The molecule has 7 rings (SSSR count). The summed E-state index contributed by atoms with van der Waals surface area (Å²) < 4.78 is 49.1. The van der Waals surface area contributed by atoms with Crippen molar-refractivity contribution in [3.8, 4) is 6.07 Å². The van der Waals surface area contributed by atoms with Crippen molar-refractivity contribution in [2.75, 3.05) is 43.0 Å². The SMILES string of the molecule is C[C@@H]1CN(CCCO[C@H]2CC[C@H](N3C(=S)N(c4cnc(C#N)c(C(F)(F)F)c4)C(=O)C3(C)C)CC2)C[C@H](C)N1CC(=O)Nc1cccc2c(C3CCC(=O)NC3=O)nn(C)c12. The Hall–Kier alpha value is -5.03. The summed E-state index contributed by atoms with van der Waals surface area (Å²) in [6, 6.07) is 7.91. The molecule has 0 bridgehead atoms. The van der Waals surface area contributed by atoms with Crippen LogP contribution in [0.25, 0.3) is 10.9 Å². The van der Waals surface area contributed by atoms with Crippen molar-refractivity contribution < 1.29 is 37.1 Å². The molecule has 2 N–H and O–H groups in total. The Bertz CT molecular complexity index is 2260. The fourth-order valence-electron chi connectivity index (χ4n) is 9.53. The number of para-hydroxylation sites is 1. The van der Waals surface area contributed by atoms with Crippen molar-refractivity contribution in [1.82, 2.24) is 34.8 Å². The number of rotatable bonds is 11. The average molecular weight is 865 g/mol. The smallest absolute Gasteiger partial charge is 0.378 e. The second kappa shape index (κ2) is 17.4. The van der Waals surface area contributed by atoms with E-state index in [1.54, 1.807) is 25.6 Å². The van der Waals surface area contributed by atoms with Crippen LogP contribution in [0.15, 0.2) is 30.5 Å². The molecule has 326 valence electrons. The van der Waals surface area contributed by atoms with Crippen LogP contribution in [0.5, 0.6) is 0 Å². The van der Waals surface area contributed by atoms with Gasteiger partial charge in [0.2, 0.25) is 17.7 Å². The Kier molecular flexibility index (Phi) is 12.6. The molecule has 2 aromatic heterocycles. The van der Waals surface area contributed by atoms with E-state index in [0.29, 0.717) is 42.8 Å². The number of imide groups is 1. The van der Waals surface area contributed by atoms with Crippen LogP contribution in [-0.4, -0.2) is 121 Å². The molecular weight excluding hydrogens is 814 g/mol. The Morgan fingerprint density at radius 1 is 1.10 bits per heavy atom. The van der Waals surface area contributed by atoms with E-state index in [1.807, 2.05) is 23.1 Å². The fourth-order valence-corrected chi connectivity index (χ4v) is 10.1. The number of thiocarbonyl (C=S) groups is 1. The number of halogens is 3. The highest BCUT2D eigenvalue weighted by molar-refractivity contribution is 7.80. The maximum atomic E-state index is 13.7. The fraction of sp³-hybridized carbons (Fsp3) is 0.571. The number of amides is 4. The van der Waals surface area contributed by atoms with E-state index in [4.69, 9.17) is 22.2 Å². The van der Waals surface area contributed by atoms with Gasteiger partial charge in [0, 0.05) is 63.2 Å². The number of pyridine rings is 1. The van der Waals surface area contributed by atoms with Crippen molar-refractivity contribution in [3.63, 3.8) is 0 Å². The quantitative estimate of drug-likeness (QED) is 0.153. The van der Waals surface area contributed by atoms with Gasteiger partial charge in [-0.3, -0.25) is 39.0 Å². The normalized spacial score (nSPS) is 25.3. The number of hydrogen-bond donors (Lipinski definition) is 2. The molecule has 1 saturated carbocycles. The number of alkyl halides is 3. The number of ether oxygens (including phenoxy) is 1. The number of piperazine rings is 1. The number of anilines is 2. The van der Waals surface area contributed by atoms with E-state index in [9.17, 15) is 32.3 Å². The summed E-state index contributed by atoms with van der Waals surface area (Å²) in [5, 5.41) is 20.2. The largest absolute Gasteiger partial charge is 0.419 e. The predicted octanol–water partition coefficient (Wildman–Crippen LogP) is 4.84. The lowest BCUT2D eigenvalue weighted by Crippen LogP contribution is -2.58. The summed E-state index contributed by atoms with van der Waals surface area (Å²) in [5.74, 6) is -1.78. The minimum atomic E-state index is -4.83. The van der Waals surface area contributed by atoms with Gasteiger partial charge in [0.15, 0.2) is 10.8 Å². The lowest BCUT2D eigenvalue weighted by atomic mass is 9.89. The third kappa shape index (κ3) is 8.86. The zero-order valence-corrected chi connectivity index (χ0v) is 35.7. The second-order valence-corrected chi connectivity index (χ2v) is 17.5. The zero-order chi connectivity index (χ0) is 44.0. The summed E-state index contributed by atoms with van der Waals surface area (Å²) >= 11 is 5.72. The van der Waals surface area contributed by atoms with Gasteiger partial charge in [0.1, 0.15) is 11.6 Å². The van der Waals surface area contributed by atoms with Gasteiger partial charge in [0.25, 0.3) is 5.91 Å². The molecule has 4 aliphatic rings. The molecule has 3 atom stereocenters. The molecule has 3 saturated heterocycles. The minimum absolute atomic E-state index is 0.0360. The maximum Gasteiger partial charge on any atom is 0.419 e. The van der Waals surface area contributed by atoms with Crippen LogP contribution in [0.2, 0.25) is 0 Å². The van der Waals surface area contributed by atoms with Gasteiger partial charge >= 0.3 is 6.18 Å². The Labute approximate surface area is 357 Å². The molecule has 3 aliphatic heterocycles. The standard InChI is InChI=1S/C42H51F3N10O5S/c1-24-21-52(22-25(2)53(24)23-35(57)48-32-9-6-8-29-36(50-51(5)37(29)32)30-14-15-34(56)49-38(30)58)16-7-17-60-28-12-10-26(11-13-28)55-40(61)54(39(59)41(55,3)4)27-18-31(42(43,44)45)33(19-46)47-20-27/h6,8-9,18,20,24-26,28,30H,7,10-17,21-23H2,1-5H3,(H,48,57)(H,49,56,58)/t24-,25+,26-,28-,30?. The number of carbonyl (C=O) groups excluding carboxylic acids is 4. The summed E-state index contributed by atoms with van der Waals surface area (Å²) in [5.41, 5.74) is -1.29. The van der Waals surface area contributed by atoms with Crippen LogP contribution in [0.3, 0.4) is 0 Å². The summed E-state index contributed by atoms with van der Waals surface area (Å²) in [6.07, 6.45) is 0.639. The van der Waals surface area contributed by atoms with Gasteiger partial charge in [0.05, 0.1) is 52.9 Å². The lowest BCUT2D eigenvalue weighted by molar-refractivity contribution is -0.138. The van der Waals surface area contributed by atoms with Crippen molar-refractivity contribution in [2.24, 2.45) is 7.05 Å². The van der Waals surface area contributed by atoms with Crippen LogP contribution >= 0.6 is 12.2 Å². The molecule has 1 unspecified atom stereocenters. The molecule has 5 heterocycles. The first-order chi connectivity index (χ1) is 28.9. The number of nitrogens with one attached hydrogen (secondary N) is 2. The molecule has 0 radical (unpaired) electrons. The molecule has 1 aromatic carbocycles. The van der Waals surface area contributed by atoms with Crippen molar-refractivity contribution >= 4 is 63.2 Å². The van der Waals surface area contributed by atoms with Crippen LogP contribution in [0.4, 0.5) is 24.5 Å². The number of aromatic nitrogens is 3. The number of fused-ring (bicyclic) bond motifs is 1. The first-order valence-electron chi connectivity index (χ1n) is 20.7. The van der Waals surface area contributed by atoms with Crippen LogP contribution in [0, 0.1) is 11.3 Å². The predicted molar refractivity (Wildman–Crippen MR) is 223 cm³/mol. The number of carbonyl (C=O) groups is 4. The third-order valence-electron chi connectivity index (χ3n) is 12.5. The van der Waals surface area contributed by atoms with Gasteiger partial charge in [-0.25, -0.2) is 4.98 Å². The van der Waals surface area contributed by atoms with Gasteiger partial charge in [-0.05, 0) is 90.6 Å². The van der Waals surface area contributed by atoms with Crippen LogP contribution in [0.1, 0.15) is 95.5 Å². The first-order valence-corrected chi connectivity index (χ1v) is 21.1. The monoisotopic (exact) mass is 864 g/mol. The van der Waals surface area contributed by atoms with E-state index in [2.05, 4.69) is 44.4 Å². The molecule has 61 heavy (non-hydrogen) atoms. The number of nitrogens with zero attached hydrogens (tertiary/aromatic N) is 8. The molecular formula is C42H51F3N10O5S. The first kappa shape index (κ1) is 44.0. The highest BCUT2D eigenvalue weighted by atomic mass is 32.1. The van der Waals surface area contributed by atoms with Crippen molar-refractivity contribution in [1.29, 1.82) is 5.26 Å². The van der Waals surface area contributed by atoms with E-state index in [0.717, 1.165) is 61.4 Å². The third-order valence-corrected chi connectivity index (χ3v) is 12.9. The summed E-state index contributed by atoms with van der Waals surface area (Å²) in [7, 11) is 1.78. The topological polar surface area (TPSA) is 169 Å². The number of nitriles is 1. The number of aryl methyl sites for hydroxylation is 1. The maximum absolute atomic E-state index is 13.7. The van der Waals surface area contributed by atoms with E-state index in [1.165, 1.54) is 6.07 Å². The minimum Gasteiger partial charge on any atom is -0.378 e.